The number of carbonyl (C=O) groups excluding carboxylic acids is 1. The summed E-state index contributed by atoms with van der Waals surface area (Å²) in [6.45, 7) is 0.653. The Morgan fingerprint density at radius 2 is 2.10 bits per heavy atom. The molecule has 1 saturated carbocycles. The van der Waals surface area contributed by atoms with Gasteiger partial charge in [-0.2, -0.15) is 0 Å². The summed E-state index contributed by atoms with van der Waals surface area (Å²) >= 11 is 0. The Morgan fingerprint density at radius 3 is 2.86 bits per heavy atom. The number of Topliss-reactive ketones (excluding diaryl/α,β-unsaturated/α-hetero) is 1. The third-order valence-corrected chi connectivity index (χ3v) is 5.48. The highest BCUT2D eigenvalue weighted by atomic mass is 16.1. The van der Waals surface area contributed by atoms with Crippen molar-refractivity contribution < 1.29 is 4.79 Å². The van der Waals surface area contributed by atoms with Crippen molar-refractivity contribution in [3.63, 3.8) is 0 Å². The first kappa shape index (κ1) is 14.7. The number of fused-ring (bicyclic) bond motifs is 1. The van der Waals surface area contributed by atoms with Gasteiger partial charge in [-0.25, -0.2) is 0 Å². The van der Waals surface area contributed by atoms with E-state index in [-0.39, 0.29) is 11.3 Å². The average molecular weight is 286 g/mol. The fourth-order valence-corrected chi connectivity index (χ4v) is 4.17. The van der Waals surface area contributed by atoms with Crippen molar-refractivity contribution in [1.82, 2.24) is 4.98 Å². The Kier molecular flexibility index (Phi) is 4.39. The lowest BCUT2D eigenvalue weighted by atomic mass is 9.68. The van der Waals surface area contributed by atoms with E-state index in [0.717, 1.165) is 37.8 Å². The summed E-state index contributed by atoms with van der Waals surface area (Å²) in [5.41, 5.74) is 8.42. The minimum Gasteiger partial charge on any atom is -0.330 e. The molecule has 0 bridgehead atoms. The summed E-state index contributed by atoms with van der Waals surface area (Å²) in [6.07, 6.45) is 11.6. The molecule has 0 saturated heterocycles. The van der Waals surface area contributed by atoms with Gasteiger partial charge in [-0.1, -0.05) is 25.3 Å². The molecule has 3 heteroatoms. The van der Waals surface area contributed by atoms with Crippen molar-refractivity contribution in [2.45, 2.75) is 63.7 Å². The van der Waals surface area contributed by atoms with Gasteiger partial charge in [0.2, 0.25) is 0 Å². The fraction of sp³-hybridized carbons (Fsp3) is 0.667. The molecule has 1 aromatic heterocycles. The zero-order valence-corrected chi connectivity index (χ0v) is 12.8. The minimum absolute atomic E-state index is 0.0142. The maximum absolute atomic E-state index is 12.9. The standard InChI is InChI=1S/C18H26N2O/c19-13-18(9-2-1-3-10-18)12-16(21)15-8-4-6-14-7-5-11-20-17(14)15/h5,7,11,15H,1-4,6,8-10,12-13,19H2. The first-order valence-electron chi connectivity index (χ1n) is 8.41. The number of rotatable bonds is 4. The number of aryl methyl sites for hydroxylation is 1. The molecule has 1 aromatic rings. The Balaban J connectivity index is 1.77. The molecular weight excluding hydrogens is 260 g/mol. The molecule has 0 radical (unpaired) electrons. The number of carbonyl (C=O) groups is 1. The van der Waals surface area contributed by atoms with E-state index in [2.05, 4.69) is 11.1 Å². The normalized spacial score (nSPS) is 24.3. The molecule has 2 aliphatic rings. The van der Waals surface area contributed by atoms with Gasteiger partial charge >= 0.3 is 0 Å². The van der Waals surface area contributed by atoms with Gasteiger partial charge in [0.25, 0.3) is 0 Å². The highest BCUT2D eigenvalue weighted by Crippen LogP contribution is 2.41. The second-order valence-corrected chi connectivity index (χ2v) is 6.90. The molecule has 0 aromatic carbocycles. The van der Waals surface area contributed by atoms with E-state index in [1.165, 1.54) is 24.8 Å². The number of aromatic nitrogens is 1. The topological polar surface area (TPSA) is 56.0 Å². The van der Waals surface area contributed by atoms with E-state index in [9.17, 15) is 4.79 Å². The van der Waals surface area contributed by atoms with E-state index in [1.54, 1.807) is 0 Å². The van der Waals surface area contributed by atoms with Crippen LogP contribution in [-0.4, -0.2) is 17.3 Å². The lowest BCUT2D eigenvalue weighted by Crippen LogP contribution is -2.36. The van der Waals surface area contributed by atoms with Gasteiger partial charge < -0.3 is 5.73 Å². The van der Waals surface area contributed by atoms with Crippen LogP contribution in [0.4, 0.5) is 0 Å². The maximum atomic E-state index is 12.9. The number of nitrogens with zero attached hydrogens (tertiary/aromatic N) is 1. The van der Waals surface area contributed by atoms with Crippen molar-refractivity contribution in [3.05, 3.63) is 29.6 Å². The molecule has 0 amide bonds. The molecule has 1 heterocycles. The van der Waals surface area contributed by atoms with Crippen LogP contribution < -0.4 is 5.73 Å². The van der Waals surface area contributed by atoms with Crippen LogP contribution in [0.2, 0.25) is 0 Å². The van der Waals surface area contributed by atoms with Crippen LogP contribution in [0.15, 0.2) is 18.3 Å². The van der Waals surface area contributed by atoms with Crippen molar-refractivity contribution >= 4 is 5.78 Å². The Morgan fingerprint density at radius 1 is 1.29 bits per heavy atom. The fourth-order valence-electron chi connectivity index (χ4n) is 4.17. The summed E-state index contributed by atoms with van der Waals surface area (Å²) in [5.74, 6) is 0.391. The highest BCUT2D eigenvalue weighted by molar-refractivity contribution is 5.86. The van der Waals surface area contributed by atoms with Gasteiger partial charge in [0.05, 0.1) is 11.6 Å². The van der Waals surface area contributed by atoms with Crippen LogP contribution in [0.5, 0.6) is 0 Å². The van der Waals surface area contributed by atoms with Gasteiger partial charge in [-0.05, 0) is 55.7 Å². The van der Waals surface area contributed by atoms with Crippen LogP contribution >= 0.6 is 0 Å². The molecule has 2 N–H and O–H groups in total. The molecular formula is C18H26N2O. The predicted molar refractivity (Wildman–Crippen MR) is 84.1 cm³/mol. The molecule has 1 fully saturated rings. The van der Waals surface area contributed by atoms with E-state index >= 15 is 0 Å². The average Bonchev–Trinajstić information content (AvgIpc) is 2.55. The van der Waals surface area contributed by atoms with E-state index in [4.69, 9.17) is 5.73 Å². The molecule has 1 atom stereocenters. The molecule has 2 aliphatic carbocycles. The summed E-state index contributed by atoms with van der Waals surface area (Å²) in [5, 5.41) is 0. The van der Waals surface area contributed by atoms with E-state index < -0.39 is 0 Å². The first-order chi connectivity index (χ1) is 10.2. The van der Waals surface area contributed by atoms with Gasteiger partial charge in [-0.15, -0.1) is 0 Å². The number of ketones is 1. The summed E-state index contributed by atoms with van der Waals surface area (Å²) < 4.78 is 0. The maximum Gasteiger partial charge on any atom is 0.142 e. The van der Waals surface area contributed by atoms with Crippen molar-refractivity contribution in [1.29, 1.82) is 0 Å². The second-order valence-electron chi connectivity index (χ2n) is 6.90. The van der Waals surface area contributed by atoms with Gasteiger partial charge in [0.1, 0.15) is 5.78 Å². The zero-order valence-electron chi connectivity index (χ0n) is 12.8. The first-order valence-corrected chi connectivity index (χ1v) is 8.41. The lowest BCUT2D eigenvalue weighted by Gasteiger charge is -2.37. The number of pyridine rings is 1. The van der Waals surface area contributed by atoms with E-state index in [1.807, 2.05) is 12.3 Å². The van der Waals surface area contributed by atoms with Crippen LogP contribution in [-0.2, 0) is 11.2 Å². The van der Waals surface area contributed by atoms with Crippen molar-refractivity contribution in [2.75, 3.05) is 6.54 Å². The van der Waals surface area contributed by atoms with Crippen LogP contribution in [0.25, 0.3) is 0 Å². The molecule has 3 rings (SSSR count). The van der Waals surface area contributed by atoms with Crippen LogP contribution in [0.1, 0.15) is 68.5 Å². The minimum atomic E-state index is 0.0142. The van der Waals surface area contributed by atoms with Gasteiger partial charge in [0.15, 0.2) is 0 Å². The largest absolute Gasteiger partial charge is 0.330 e. The quantitative estimate of drug-likeness (QED) is 0.923. The predicted octanol–water partition coefficient (Wildman–Crippen LogP) is 3.37. The SMILES string of the molecule is NCC1(CC(=O)C2CCCc3cccnc32)CCCCC1. The number of hydrogen-bond acceptors (Lipinski definition) is 3. The lowest BCUT2D eigenvalue weighted by molar-refractivity contribution is -0.123. The summed E-state index contributed by atoms with van der Waals surface area (Å²) in [4.78, 5) is 17.4. The third-order valence-electron chi connectivity index (χ3n) is 5.48. The second kappa shape index (κ2) is 6.27. The Labute approximate surface area is 127 Å². The van der Waals surface area contributed by atoms with Crippen LogP contribution in [0, 0.1) is 5.41 Å². The Bertz CT molecular complexity index is 506. The molecule has 114 valence electrons. The smallest absolute Gasteiger partial charge is 0.142 e. The monoisotopic (exact) mass is 286 g/mol. The van der Waals surface area contributed by atoms with E-state index in [0.29, 0.717) is 18.7 Å². The summed E-state index contributed by atoms with van der Waals surface area (Å²) in [7, 11) is 0. The van der Waals surface area contributed by atoms with Crippen molar-refractivity contribution in [3.8, 4) is 0 Å². The molecule has 0 spiro atoms. The molecule has 1 unspecified atom stereocenters. The zero-order chi connectivity index (χ0) is 14.7. The third kappa shape index (κ3) is 3.03. The molecule has 0 aliphatic heterocycles. The molecule has 21 heavy (non-hydrogen) atoms. The highest BCUT2D eigenvalue weighted by Gasteiger charge is 2.36. The van der Waals surface area contributed by atoms with Crippen molar-refractivity contribution in [2.24, 2.45) is 11.1 Å². The number of hydrogen-bond donors (Lipinski definition) is 1. The summed E-state index contributed by atoms with van der Waals surface area (Å²) in [6, 6.07) is 4.11. The number of nitrogens with two attached hydrogens (primary N) is 1. The van der Waals surface area contributed by atoms with Crippen LogP contribution in [0.3, 0.4) is 0 Å². The van der Waals surface area contributed by atoms with Gasteiger partial charge in [0, 0.05) is 12.6 Å². The van der Waals surface area contributed by atoms with Gasteiger partial charge in [-0.3, -0.25) is 9.78 Å². The molecule has 3 nitrogen and oxygen atoms in total. The Hall–Kier alpha value is -1.22.